The lowest BCUT2D eigenvalue weighted by atomic mass is 10.2. The lowest BCUT2D eigenvalue weighted by Gasteiger charge is -2.02. The molecule has 2 aromatic rings. The Morgan fingerprint density at radius 2 is 2.26 bits per heavy atom. The van der Waals surface area contributed by atoms with Crippen LogP contribution >= 0.6 is 27.5 Å². The molecule has 3 rings (SSSR count). The van der Waals surface area contributed by atoms with Crippen LogP contribution in [0.1, 0.15) is 18.7 Å². The van der Waals surface area contributed by atoms with E-state index in [9.17, 15) is 0 Å². The van der Waals surface area contributed by atoms with E-state index in [1.807, 2.05) is 24.4 Å². The maximum atomic E-state index is 6.23. The summed E-state index contributed by atoms with van der Waals surface area (Å²) in [5.74, 6) is 1.84. The van der Waals surface area contributed by atoms with Gasteiger partial charge in [-0.1, -0.05) is 33.6 Å². The number of rotatable bonds is 5. The van der Waals surface area contributed by atoms with E-state index in [1.54, 1.807) is 0 Å². The number of imidazole rings is 1. The fraction of sp³-hybridized carbons (Fsp3) is 0.357. The van der Waals surface area contributed by atoms with Crippen LogP contribution in [0.3, 0.4) is 0 Å². The molecule has 1 heterocycles. The molecule has 0 saturated heterocycles. The average molecular weight is 341 g/mol. The Labute approximate surface area is 125 Å². The minimum atomic E-state index is 0.718. The van der Waals surface area contributed by atoms with Crippen molar-refractivity contribution in [3.63, 3.8) is 0 Å². The first-order chi connectivity index (χ1) is 9.22. The molecule has 1 fully saturated rings. The highest BCUT2D eigenvalue weighted by Crippen LogP contribution is 2.29. The molecular formula is C14H15BrClN3. The summed E-state index contributed by atoms with van der Waals surface area (Å²) in [6.45, 7) is 1.87. The largest absolute Gasteiger partial charge is 0.341 e. The molecule has 0 unspecified atom stereocenters. The van der Waals surface area contributed by atoms with Crippen molar-refractivity contribution in [3.8, 4) is 11.3 Å². The first-order valence-corrected chi connectivity index (χ1v) is 7.59. The van der Waals surface area contributed by atoms with Crippen molar-refractivity contribution in [2.24, 2.45) is 5.92 Å². The number of nitrogens with one attached hydrogen (secondary N) is 2. The Morgan fingerprint density at radius 1 is 1.42 bits per heavy atom. The average Bonchev–Trinajstić information content (AvgIpc) is 3.07. The molecular weight excluding hydrogens is 326 g/mol. The van der Waals surface area contributed by atoms with Gasteiger partial charge < -0.3 is 10.3 Å². The van der Waals surface area contributed by atoms with Gasteiger partial charge in [0, 0.05) is 10.0 Å². The first kappa shape index (κ1) is 13.2. The van der Waals surface area contributed by atoms with Crippen LogP contribution in [0, 0.1) is 5.92 Å². The van der Waals surface area contributed by atoms with Crippen molar-refractivity contribution in [3.05, 3.63) is 39.7 Å². The smallest absolute Gasteiger partial charge is 0.120 e. The third kappa shape index (κ3) is 3.38. The molecule has 0 atom stereocenters. The summed E-state index contributed by atoms with van der Waals surface area (Å²) >= 11 is 9.64. The maximum absolute atomic E-state index is 6.23. The molecule has 100 valence electrons. The van der Waals surface area contributed by atoms with E-state index in [0.29, 0.717) is 0 Å². The van der Waals surface area contributed by atoms with Crippen molar-refractivity contribution in [1.82, 2.24) is 15.3 Å². The zero-order valence-corrected chi connectivity index (χ0v) is 12.8. The van der Waals surface area contributed by atoms with Gasteiger partial charge >= 0.3 is 0 Å². The normalized spacial score (nSPS) is 14.8. The van der Waals surface area contributed by atoms with Crippen LogP contribution in [0.5, 0.6) is 0 Å². The standard InChI is InChI=1S/C14H15BrClN3/c15-10-3-4-11(12(16)5-10)13-7-18-14(19-13)8-17-6-9-1-2-9/h3-5,7,9,17H,1-2,6,8H2,(H,18,19). The number of aromatic nitrogens is 2. The third-order valence-electron chi connectivity index (χ3n) is 3.27. The van der Waals surface area contributed by atoms with E-state index in [2.05, 4.69) is 31.2 Å². The van der Waals surface area contributed by atoms with E-state index < -0.39 is 0 Å². The van der Waals surface area contributed by atoms with Crippen LogP contribution in [0.15, 0.2) is 28.9 Å². The second-order valence-electron chi connectivity index (χ2n) is 4.94. The van der Waals surface area contributed by atoms with Gasteiger partial charge in [-0.15, -0.1) is 0 Å². The van der Waals surface area contributed by atoms with Crippen LogP contribution in [0.25, 0.3) is 11.3 Å². The van der Waals surface area contributed by atoms with Crippen molar-refractivity contribution in [2.45, 2.75) is 19.4 Å². The predicted octanol–water partition coefficient (Wildman–Crippen LogP) is 3.99. The van der Waals surface area contributed by atoms with Crippen LogP contribution in [-0.4, -0.2) is 16.5 Å². The fourth-order valence-corrected chi connectivity index (χ4v) is 2.79. The Hall–Kier alpha value is -0.840. The Balaban J connectivity index is 1.68. The highest BCUT2D eigenvalue weighted by Gasteiger charge is 2.20. The number of aromatic amines is 1. The van der Waals surface area contributed by atoms with Crippen LogP contribution in [0.4, 0.5) is 0 Å². The zero-order chi connectivity index (χ0) is 13.2. The van der Waals surface area contributed by atoms with Crippen molar-refractivity contribution >= 4 is 27.5 Å². The molecule has 0 aliphatic heterocycles. The SMILES string of the molecule is Clc1cc(Br)ccc1-c1cnc(CNCC2CC2)[nH]1. The lowest BCUT2D eigenvalue weighted by Crippen LogP contribution is -2.16. The molecule has 3 nitrogen and oxygen atoms in total. The first-order valence-electron chi connectivity index (χ1n) is 6.42. The van der Waals surface area contributed by atoms with Crippen LogP contribution in [0.2, 0.25) is 5.02 Å². The Kier molecular flexibility index (Phi) is 3.91. The zero-order valence-electron chi connectivity index (χ0n) is 10.4. The second kappa shape index (κ2) is 5.65. The minimum absolute atomic E-state index is 0.718. The highest BCUT2D eigenvalue weighted by molar-refractivity contribution is 9.10. The summed E-state index contributed by atoms with van der Waals surface area (Å²) in [7, 11) is 0. The van der Waals surface area contributed by atoms with Gasteiger partial charge in [0.1, 0.15) is 5.82 Å². The molecule has 1 aliphatic rings. The van der Waals surface area contributed by atoms with Crippen molar-refractivity contribution < 1.29 is 0 Å². The number of H-pyrrole nitrogens is 1. The van der Waals surface area contributed by atoms with E-state index in [-0.39, 0.29) is 0 Å². The van der Waals surface area contributed by atoms with Gasteiger partial charge in [-0.3, -0.25) is 0 Å². The van der Waals surface area contributed by atoms with Gasteiger partial charge in [-0.2, -0.15) is 0 Å². The molecule has 5 heteroatoms. The molecule has 19 heavy (non-hydrogen) atoms. The molecule has 1 aromatic heterocycles. The summed E-state index contributed by atoms with van der Waals surface area (Å²) in [5.41, 5.74) is 1.94. The van der Waals surface area contributed by atoms with Gasteiger partial charge in [0.05, 0.1) is 23.5 Å². The number of hydrogen-bond donors (Lipinski definition) is 2. The Bertz CT molecular complexity index is 578. The molecule has 2 N–H and O–H groups in total. The summed E-state index contributed by atoms with van der Waals surface area (Å²) in [6, 6.07) is 5.86. The highest BCUT2D eigenvalue weighted by atomic mass is 79.9. The van der Waals surface area contributed by atoms with E-state index in [0.717, 1.165) is 45.6 Å². The lowest BCUT2D eigenvalue weighted by molar-refractivity contribution is 0.623. The summed E-state index contributed by atoms with van der Waals surface area (Å²) < 4.78 is 0.979. The molecule has 0 spiro atoms. The summed E-state index contributed by atoms with van der Waals surface area (Å²) in [6.07, 6.45) is 4.57. The topological polar surface area (TPSA) is 40.7 Å². The predicted molar refractivity (Wildman–Crippen MR) is 81.2 cm³/mol. The number of hydrogen-bond acceptors (Lipinski definition) is 2. The fourth-order valence-electron chi connectivity index (χ4n) is 2.01. The minimum Gasteiger partial charge on any atom is -0.341 e. The second-order valence-corrected chi connectivity index (χ2v) is 6.26. The quantitative estimate of drug-likeness (QED) is 0.864. The maximum Gasteiger partial charge on any atom is 0.120 e. The number of benzene rings is 1. The van der Waals surface area contributed by atoms with Crippen LogP contribution < -0.4 is 5.32 Å². The molecule has 0 bridgehead atoms. The van der Waals surface area contributed by atoms with Gasteiger partial charge in [0.15, 0.2) is 0 Å². The van der Waals surface area contributed by atoms with E-state index in [4.69, 9.17) is 11.6 Å². The molecule has 0 amide bonds. The van der Waals surface area contributed by atoms with Gasteiger partial charge in [-0.25, -0.2) is 4.98 Å². The molecule has 1 aromatic carbocycles. The van der Waals surface area contributed by atoms with Crippen molar-refractivity contribution in [2.75, 3.05) is 6.54 Å². The summed E-state index contributed by atoms with van der Waals surface area (Å²) in [4.78, 5) is 7.70. The van der Waals surface area contributed by atoms with E-state index >= 15 is 0 Å². The van der Waals surface area contributed by atoms with Crippen LogP contribution in [-0.2, 0) is 6.54 Å². The number of halogens is 2. The van der Waals surface area contributed by atoms with Gasteiger partial charge in [-0.05, 0) is 37.4 Å². The summed E-state index contributed by atoms with van der Waals surface area (Å²) in [5, 5.41) is 4.14. The number of nitrogens with zero attached hydrogens (tertiary/aromatic N) is 1. The molecule has 0 radical (unpaired) electrons. The van der Waals surface area contributed by atoms with E-state index in [1.165, 1.54) is 12.8 Å². The molecule has 1 aliphatic carbocycles. The Morgan fingerprint density at radius 3 is 3.00 bits per heavy atom. The van der Waals surface area contributed by atoms with Gasteiger partial charge in [0.2, 0.25) is 0 Å². The monoisotopic (exact) mass is 339 g/mol. The van der Waals surface area contributed by atoms with Gasteiger partial charge in [0.25, 0.3) is 0 Å². The molecule has 1 saturated carbocycles. The third-order valence-corrected chi connectivity index (χ3v) is 4.08. The van der Waals surface area contributed by atoms with Crippen molar-refractivity contribution in [1.29, 1.82) is 0 Å².